The van der Waals surface area contributed by atoms with Gasteiger partial charge in [0.15, 0.2) is 0 Å². The van der Waals surface area contributed by atoms with Crippen LogP contribution in [0.3, 0.4) is 0 Å². The molecule has 0 N–H and O–H groups in total. The zero-order valence-electron chi connectivity index (χ0n) is 7.28. The molecule has 0 unspecified atom stereocenters. The molecule has 0 atom stereocenters. The number of carbonyl (C=O) groups excluding carboxylic acids is 1. The molecular formula is C7H9IN2O3. The summed E-state index contributed by atoms with van der Waals surface area (Å²) in [5.41, 5.74) is 0. The highest BCUT2D eigenvalue weighted by Crippen LogP contribution is 2.07. The quantitative estimate of drug-likeness (QED) is 0.788. The Hall–Kier alpha value is -0.630. The Morgan fingerprint density at radius 2 is 2.46 bits per heavy atom. The summed E-state index contributed by atoms with van der Waals surface area (Å²) in [5.74, 6) is 0.431. The van der Waals surface area contributed by atoms with Crippen LogP contribution in [0.4, 0.5) is 0 Å². The minimum Gasteiger partial charge on any atom is -0.433 e. The molecule has 72 valence electrons. The lowest BCUT2D eigenvalue weighted by molar-refractivity contribution is 0.0793. The summed E-state index contributed by atoms with van der Waals surface area (Å²) < 4.78 is 9.89. The summed E-state index contributed by atoms with van der Waals surface area (Å²) in [5, 5.41) is 0. The number of nitrogens with zero attached hydrogens (tertiary/aromatic N) is 2. The van der Waals surface area contributed by atoms with Crippen molar-refractivity contribution >= 4 is 28.9 Å². The second kappa shape index (κ2) is 4.56. The first-order valence-electron chi connectivity index (χ1n) is 3.55. The van der Waals surface area contributed by atoms with E-state index < -0.39 is 0 Å². The standard InChI is InChI=1S/C7H9IN2O3/c1-10(2)7(11)5-3-9-6(13-5)4-12-8/h3H,4H2,1-2H3. The highest BCUT2D eigenvalue weighted by Gasteiger charge is 2.13. The second-order valence-corrected chi connectivity index (χ2v) is 3.19. The van der Waals surface area contributed by atoms with E-state index in [4.69, 9.17) is 7.48 Å². The van der Waals surface area contributed by atoms with E-state index in [0.29, 0.717) is 5.89 Å². The van der Waals surface area contributed by atoms with Gasteiger partial charge in [-0.25, -0.2) is 4.98 Å². The number of hydrogen-bond donors (Lipinski definition) is 0. The molecule has 0 fully saturated rings. The predicted octanol–water partition coefficient (Wildman–Crippen LogP) is 1.24. The third kappa shape index (κ3) is 2.66. The van der Waals surface area contributed by atoms with Crippen molar-refractivity contribution in [3.63, 3.8) is 0 Å². The summed E-state index contributed by atoms with van der Waals surface area (Å²) in [4.78, 5) is 16.6. The van der Waals surface area contributed by atoms with E-state index in [2.05, 4.69) is 4.98 Å². The largest absolute Gasteiger partial charge is 0.433 e. The van der Waals surface area contributed by atoms with Crippen LogP contribution in [0, 0.1) is 0 Å². The van der Waals surface area contributed by atoms with Crippen molar-refractivity contribution in [2.75, 3.05) is 14.1 Å². The second-order valence-electron chi connectivity index (χ2n) is 2.57. The van der Waals surface area contributed by atoms with E-state index in [9.17, 15) is 4.79 Å². The van der Waals surface area contributed by atoms with Gasteiger partial charge < -0.3 is 12.4 Å². The van der Waals surface area contributed by atoms with Gasteiger partial charge in [0.1, 0.15) is 29.6 Å². The van der Waals surface area contributed by atoms with Crippen molar-refractivity contribution < 1.29 is 12.3 Å². The van der Waals surface area contributed by atoms with Gasteiger partial charge in [0.05, 0.1) is 6.20 Å². The van der Waals surface area contributed by atoms with Gasteiger partial charge in [-0.15, -0.1) is 0 Å². The van der Waals surface area contributed by atoms with Crippen molar-refractivity contribution in [1.82, 2.24) is 9.88 Å². The topological polar surface area (TPSA) is 55.6 Å². The number of rotatable bonds is 3. The summed E-state index contributed by atoms with van der Waals surface area (Å²) in [6.45, 7) is 0.265. The van der Waals surface area contributed by atoms with Gasteiger partial charge in [-0.2, -0.15) is 0 Å². The smallest absolute Gasteiger partial charge is 0.290 e. The first-order chi connectivity index (χ1) is 6.15. The summed E-state index contributed by atoms with van der Waals surface area (Å²) in [7, 11) is 3.30. The third-order valence-electron chi connectivity index (χ3n) is 1.35. The van der Waals surface area contributed by atoms with Gasteiger partial charge in [-0.05, 0) is 0 Å². The van der Waals surface area contributed by atoms with Crippen LogP contribution in [0.2, 0.25) is 0 Å². The zero-order chi connectivity index (χ0) is 9.84. The van der Waals surface area contributed by atoms with Crippen LogP contribution in [-0.2, 0) is 9.67 Å². The van der Waals surface area contributed by atoms with Crippen molar-refractivity contribution in [2.45, 2.75) is 6.61 Å². The lowest BCUT2D eigenvalue weighted by Gasteiger charge is -2.05. The maximum Gasteiger partial charge on any atom is 0.290 e. The van der Waals surface area contributed by atoms with Crippen LogP contribution >= 0.6 is 23.0 Å². The highest BCUT2D eigenvalue weighted by molar-refractivity contribution is 14.1. The van der Waals surface area contributed by atoms with Gasteiger partial charge in [0.25, 0.3) is 5.91 Å². The Morgan fingerprint density at radius 1 is 1.77 bits per heavy atom. The molecule has 1 aromatic heterocycles. The molecule has 1 heterocycles. The average molecular weight is 296 g/mol. The minimum absolute atomic E-state index is 0.202. The maximum atomic E-state index is 11.3. The number of amides is 1. The molecule has 0 bridgehead atoms. The molecular weight excluding hydrogens is 287 g/mol. The Kier molecular flexibility index (Phi) is 3.67. The zero-order valence-corrected chi connectivity index (χ0v) is 9.44. The molecule has 0 radical (unpaired) electrons. The summed E-state index contributed by atoms with van der Waals surface area (Å²) >= 11 is 1.74. The maximum absolute atomic E-state index is 11.3. The first-order valence-corrected chi connectivity index (χ1v) is 4.43. The van der Waals surface area contributed by atoms with E-state index in [1.54, 1.807) is 37.1 Å². The van der Waals surface area contributed by atoms with Gasteiger partial charge in [0.2, 0.25) is 11.7 Å². The van der Waals surface area contributed by atoms with E-state index in [1.165, 1.54) is 11.1 Å². The van der Waals surface area contributed by atoms with E-state index in [0.717, 1.165) is 0 Å². The fourth-order valence-corrected chi connectivity index (χ4v) is 1.01. The summed E-state index contributed by atoms with van der Waals surface area (Å²) in [6, 6.07) is 0. The molecule has 0 spiro atoms. The Balaban J connectivity index is 2.73. The minimum atomic E-state index is -0.202. The molecule has 6 heteroatoms. The van der Waals surface area contributed by atoms with Gasteiger partial charge in [-0.1, -0.05) is 0 Å². The Morgan fingerprint density at radius 3 is 3.00 bits per heavy atom. The lowest BCUT2D eigenvalue weighted by atomic mass is 10.4. The molecule has 0 aliphatic carbocycles. The lowest BCUT2D eigenvalue weighted by Crippen LogP contribution is -2.20. The van der Waals surface area contributed by atoms with Crippen LogP contribution in [0.25, 0.3) is 0 Å². The Bertz CT molecular complexity index is 298. The van der Waals surface area contributed by atoms with Crippen LogP contribution in [0.1, 0.15) is 16.4 Å². The molecule has 0 saturated carbocycles. The number of aromatic nitrogens is 1. The van der Waals surface area contributed by atoms with Gasteiger partial charge >= 0.3 is 0 Å². The fourth-order valence-electron chi connectivity index (χ4n) is 0.743. The molecule has 0 aromatic carbocycles. The SMILES string of the molecule is CN(C)C(=O)c1cnc(COI)o1. The number of hydrogen-bond acceptors (Lipinski definition) is 4. The van der Waals surface area contributed by atoms with Gasteiger partial charge in [-0.3, -0.25) is 4.79 Å². The highest BCUT2D eigenvalue weighted by atomic mass is 127. The first kappa shape index (κ1) is 10.5. The molecule has 1 amide bonds. The predicted molar refractivity (Wildman–Crippen MR) is 53.3 cm³/mol. The molecule has 0 saturated heterocycles. The van der Waals surface area contributed by atoms with Crippen LogP contribution < -0.4 is 0 Å². The summed E-state index contributed by atoms with van der Waals surface area (Å²) in [6.07, 6.45) is 1.40. The number of carbonyl (C=O) groups is 1. The van der Waals surface area contributed by atoms with Gasteiger partial charge in [0, 0.05) is 14.1 Å². The van der Waals surface area contributed by atoms with Crippen molar-refractivity contribution in [1.29, 1.82) is 0 Å². The molecule has 0 aliphatic rings. The van der Waals surface area contributed by atoms with E-state index in [1.807, 2.05) is 0 Å². The molecule has 0 aliphatic heterocycles. The molecule has 5 nitrogen and oxygen atoms in total. The van der Waals surface area contributed by atoms with Crippen molar-refractivity contribution in [3.05, 3.63) is 17.8 Å². The van der Waals surface area contributed by atoms with Crippen molar-refractivity contribution in [2.24, 2.45) is 0 Å². The Labute approximate surface area is 89.8 Å². The normalized spacial score (nSPS) is 10.1. The van der Waals surface area contributed by atoms with Crippen LogP contribution in [0.5, 0.6) is 0 Å². The third-order valence-corrected chi connectivity index (χ3v) is 1.66. The molecule has 1 rings (SSSR count). The van der Waals surface area contributed by atoms with E-state index in [-0.39, 0.29) is 18.3 Å². The number of oxazole rings is 1. The van der Waals surface area contributed by atoms with Crippen LogP contribution in [-0.4, -0.2) is 29.9 Å². The molecule has 1 aromatic rings. The van der Waals surface area contributed by atoms with Crippen molar-refractivity contribution in [3.8, 4) is 0 Å². The monoisotopic (exact) mass is 296 g/mol. The number of halogens is 1. The molecule has 13 heavy (non-hydrogen) atoms. The average Bonchev–Trinajstić information content (AvgIpc) is 2.52. The van der Waals surface area contributed by atoms with Crippen LogP contribution in [0.15, 0.2) is 10.6 Å². The fraction of sp³-hybridized carbons (Fsp3) is 0.429. The van der Waals surface area contributed by atoms with E-state index >= 15 is 0 Å².